The average molecular weight is 483 g/mol. The third-order valence-corrected chi connectivity index (χ3v) is 6.07. The number of hydrazone groups is 1. The third-order valence-electron chi connectivity index (χ3n) is 5.10. The van der Waals surface area contributed by atoms with Crippen LogP contribution in [0.3, 0.4) is 0 Å². The SMILES string of the molecule is COCc1cc(C)nc(SCC(=O)N/N=C/c2cc(C(C)(C)C)c(O)c(C(C)(C)C)c2)c1C#N. The maximum absolute atomic E-state index is 12.4. The van der Waals surface area contributed by atoms with Gasteiger partial charge in [0.25, 0.3) is 0 Å². The summed E-state index contributed by atoms with van der Waals surface area (Å²) in [6.45, 7) is 14.4. The van der Waals surface area contributed by atoms with Crippen molar-refractivity contribution in [2.75, 3.05) is 12.9 Å². The Morgan fingerprint density at radius 3 is 2.29 bits per heavy atom. The number of carbonyl (C=O) groups excluding carboxylic acids is 1. The molecule has 0 bridgehead atoms. The maximum atomic E-state index is 12.4. The summed E-state index contributed by atoms with van der Waals surface area (Å²) in [7, 11) is 1.57. The second-order valence-electron chi connectivity index (χ2n) is 10.2. The molecule has 2 N–H and O–H groups in total. The number of aryl methyl sites for hydroxylation is 1. The summed E-state index contributed by atoms with van der Waals surface area (Å²) < 4.78 is 5.16. The van der Waals surface area contributed by atoms with Crippen molar-refractivity contribution in [2.24, 2.45) is 5.10 Å². The van der Waals surface area contributed by atoms with E-state index in [1.165, 1.54) is 11.8 Å². The van der Waals surface area contributed by atoms with E-state index in [0.29, 0.717) is 22.9 Å². The first-order chi connectivity index (χ1) is 15.8. The number of hydrogen-bond acceptors (Lipinski definition) is 7. The predicted molar refractivity (Wildman–Crippen MR) is 136 cm³/mol. The zero-order valence-electron chi connectivity index (χ0n) is 21.2. The number of benzene rings is 1. The molecule has 2 aromatic rings. The fourth-order valence-electron chi connectivity index (χ4n) is 3.42. The smallest absolute Gasteiger partial charge is 0.250 e. The fourth-order valence-corrected chi connectivity index (χ4v) is 4.29. The van der Waals surface area contributed by atoms with E-state index in [-0.39, 0.29) is 22.5 Å². The molecular formula is C26H34N4O3S. The highest BCUT2D eigenvalue weighted by Crippen LogP contribution is 2.39. The van der Waals surface area contributed by atoms with Gasteiger partial charge >= 0.3 is 0 Å². The van der Waals surface area contributed by atoms with Crippen molar-refractivity contribution < 1.29 is 14.6 Å². The van der Waals surface area contributed by atoms with E-state index in [9.17, 15) is 15.2 Å². The number of phenols is 1. The van der Waals surface area contributed by atoms with E-state index >= 15 is 0 Å². The van der Waals surface area contributed by atoms with Crippen LogP contribution in [0.2, 0.25) is 0 Å². The molecule has 0 radical (unpaired) electrons. The van der Waals surface area contributed by atoms with E-state index < -0.39 is 0 Å². The topological polar surface area (TPSA) is 108 Å². The van der Waals surface area contributed by atoms with E-state index in [1.54, 1.807) is 13.3 Å². The van der Waals surface area contributed by atoms with E-state index in [2.05, 4.69) is 21.6 Å². The van der Waals surface area contributed by atoms with Crippen LogP contribution in [-0.2, 0) is 27.0 Å². The molecule has 0 fully saturated rings. The molecule has 0 unspecified atom stereocenters. The van der Waals surface area contributed by atoms with Crippen molar-refractivity contribution in [3.63, 3.8) is 0 Å². The van der Waals surface area contributed by atoms with Gasteiger partial charge in [-0.05, 0) is 47.1 Å². The molecule has 0 saturated carbocycles. The number of thioether (sulfide) groups is 1. The molecule has 0 atom stereocenters. The predicted octanol–water partition coefficient (Wildman–Crippen LogP) is 4.95. The van der Waals surface area contributed by atoms with Gasteiger partial charge in [0, 0.05) is 23.9 Å². The van der Waals surface area contributed by atoms with Crippen molar-refractivity contribution >= 4 is 23.9 Å². The van der Waals surface area contributed by atoms with E-state index in [1.807, 2.05) is 66.7 Å². The van der Waals surface area contributed by atoms with Crippen LogP contribution in [0.15, 0.2) is 28.3 Å². The minimum absolute atomic E-state index is 0.0605. The Hall–Kier alpha value is -2.89. The Labute approximate surface area is 206 Å². The second kappa shape index (κ2) is 11.0. The molecule has 0 aliphatic rings. The van der Waals surface area contributed by atoms with Crippen LogP contribution in [0.4, 0.5) is 0 Å². The molecule has 0 saturated heterocycles. The highest BCUT2D eigenvalue weighted by molar-refractivity contribution is 8.00. The number of aromatic hydroxyl groups is 1. The number of methoxy groups -OCH3 is 1. The normalized spacial score (nSPS) is 12.1. The monoisotopic (exact) mass is 482 g/mol. The van der Waals surface area contributed by atoms with Gasteiger partial charge in [0.2, 0.25) is 5.91 Å². The van der Waals surface area contributed by atoms with Crippen molar-refractivity contribution in [1.82, 2.24) is 10.4 Å². The van der Waals surface area contributed by atoms with Gasteiger partial charge in [-0.2, -0.15) is 10.4 Å². The summed E-state index contributed by atoms with van der Waals surface area (Å²) >= 11 is 1.19. The van der Waals surface area contributed by atoms with Crippen LogP contribution in [0.1, 0.15) is 75.1 Å². The third kappa shape index (κ3) is 7.05. The molecule has 0 aliphatic heterocycles. The molecule has 34 heavy (non-hydrogen) atoms. The molecule has 2 rings (SSSR count). The highest BCUT2D eigenvalue weighted by Gasteiger charge is 2.26. The lowest BCUT2D eigenvalue weighted by molar-refractivity contribution is -0.118. The number of rotatable bonds is 7. The average Bonchev–Trinajstić information content (AvgIpc) is 2.71. The van der Waals surface area contributed by atoms with Gasteiger partial charge in [-0.3, -0.25) is 4.79 Å². The van der Waals surface area contributed by atoms with Crippen LogP contribution in [0.5, 0.6) is 5.75 Å². The number of nitriles is 1. The Morgan fingerprint density at radius 2 is 1.79 bits per heavy atom. The quantitative estimate of drug-likeness (QED) is 0.328. The summed E-state index contributed by atoms with van der Waals surface area (Å²) in [5.74, 6) is 0.0438. The minimum Gasteiger partial charge on any atom is -0.507 e. The van der Waals surface area contributed by atoms with Crippen LogP contribution < -0.4 is 5.43 Å². The Balaban J connectivity index is 2.17. The first-order valence-electron chi connectivity index (χ1n) is 11.0. The summed E-state index contributed by atoms with van der Waals surface area (Å²) in [4.78, 5) is 16.8. The number of pyridine rings is 1. The lowest BCUT2D eigenvalue weighted by atomic mass is 9.78. The molecule has 8 heteroatoms. The highest BCUT2D eigenvalue weighted by atomic mass is 32.2. The number of ether oxygens (including phenoxy) is 1. The van der Waals surface area contributed by atoms with Crippen LogP contribution in [-0.4, -0.2) is 35.1 Å². The van der Waals surface area contributed by atoms with Crippen LogP contribution in [0.25, 0.3) is 0 Å². The number of nitrogens with zero attached hydrogens (tertiary/aromatic N) is 3. The van der Waals surface area contributed by atoms with Gasteiger partial charge in [-0.15, -0.1) is 0 Å². The Kier molecular flexibility index (Phi) is 8.87. The lowest BCUT2D eigenvalue weighted by Crippen LogP contribution is -2.20. The van der Waals surface area contributed by atoms with Crippen molar-refractivity contribution in [3.8, 4) is 11.8 Å². The van der Waals surface area contributed by atoms with Gasteiger partial charge in [0.15, 0.2) is 0 Å². The molecule has 7 nitrogen and oxygen atoms in total. The van der Waals surface area contributed by atoms with E-state index in [0.717, 1.165) is 27.9 Å². The van der Waals surface area contributed by atoms with Crippen molar-refractivity contribution in [2.45, 2.75) is 70.9 Å². The minimum atomic E-state index is -0.312. The van der Waals surface area contributed by atoms with E-state index in [4.69, 9.17) is 4.74 Å². The molecule has 1 amide bonds. The molecular weight excluding hydrogens is 448 g/mol. The molecule has 1 heterocycles. The maximum Gasteiger partial charge on any atom is 0.250 e. The summed E-state index contributed by atoms with van der Waals surface area (Å²) in [6.07, 6.45) is 1.58. The Bertz CT molecular complexity index is 1090. The summed E-state index contributed by atoms with van der Waals surface area (Å²) in [5, 5.41) is 25.0. The first kappa shape index (κ1) is 27.4. The number of nitrogens with one attached hydrogen (secondary N) is 1. The zero-order chi connectivity index (χ0) is 25.7. The molecule has 1 aromatic carbocycles. The van der Waals surface area contributed by atoms with Gasteiger partial charge in [0.05, 0.1) is 24.1 Å². The number of aromatic nitrogens is 1. The lowest BCUT2D eigenvalue weighted by Gasteiger charge is -2.27. The molecule has 0 aliphatic carbocycles. The summed E-state index contributed by atoms with van der Waals surface area (Å²) in [6, 6.07) is 7.75. The number of carbonyl (C=O) groups is 1. The fraction of sp³-hybridized carbons (Fsp3) is 0.462. The Morgan fingerprint density at radius 1 is 1.21 bits per heavy atom. The van der Waals surface area contributed by atoms with Crippen LogP contribution >= 0.6 is 11.8 Å². The second-order valence-corrected chi connectivity index (χ2v) is 11.2. The zero-order valence-corrected chi connectivity index (χ0v) is 22.1. The van der Waals surface area contributed by atoms with Gasteiger partial charge in [-0.1, -0.05) is 53.3 Å². The molecule has 182 valence electrons. The van der Waals surface area contributed by atoms with Crippen molar-refractivity contribution in [3.05, 3.63) is 51.7 Å². The van der Waals surface area contributed by atoms with Crippen LogP contribution in [0, 0.1) is 18.3 Å². The molecule has 1 aromatic heterocycles. The van der Waals surface area contributed by atoms with Gasteiger partial charge in [0.1, 0.15) is 16.8 Å². The first-order valence-corrected chi connectivity index (χ1v) is 12.0. The number of amides is 1. The number of phenolic OH excluding ortho intramolecular Hbond substituents is 1. The van der Waals surface area contributed by atoms with Crippen molar-refractivity contribution in [1.29, 1.82) is 5.26 Å². The standard InChI is InChI=1S/C26H34N4O3S/c1-16-9-18(14-33-8)19(12-27)24(29-16)34-15-22(31)30-28-13-17-10-20(25(2,3)4)23(32)21(11-17)26(5,6)7/h9-11,13,32H,14-15H2,1-8H3,(H,30,31)/b28-13+. The van der Waals surface area contributed by atoms with Gasteiger partial charge < -0.3 is 9.84 Å². The number of hydrogen-bond donors (Lipinski definition) is 2. The largest absolute Gasteiger partial charge is 0.507 e. The summed E-state index contributed by atoms with van der Waals surface area (Å²) in [5.41, 5.74) is 6.38. The molecule has 0 spiro atoms. The van der Waals surface area contributed by atoms with Gasteiger partial charge in [-0.25, -0.2) is 10.4 Å².